The molecule has 2 bridgehead atoms. The highest BCUT2D eigenvalue weighted by atomic mass is 19.1. The number of hydrogen-bond donors (Lipinski definition) is 2. The SMILES string of the molecule is CC(C)(C)NC(=O)C1C2=C(NN1Cc1ccc(F)cc1)C1CCC2C1. The van der Waals surface area contributed by atoms with Crippen LogP contribution in [0.4, 0.5) is 4.39 Å². The summed E-state index contributed by atoms with van der Waals surface area (Å²) in [6, 6.07) is 6.25. The van der Waals surface area contributed by atoms with E-state index in [4.69, 9.17) is 0 Å². The average molecular weight is 343 g/mol. The van der Waals surface area contributed by atoms with E-state index in [-0.39, 0.29) is 23.3 Å². The van der Waals surface area contributed by atoms with Gasteiger partial charge in [-0.1, -0.05) is 12.1 Å². The maximum Gasteiger partial charge on any atom is 0.243 e. The maximum atomic E-state index is 13.2. The molecule has 0 saturated heterocycles. The van der Waals surface area contributed by atoms with Crippen molar-refractivity contribution in [1.82, 2.24) is 15.8 Å². The van der Waals surface area contributed by atoms with Gasteiger partial charge in [0.05, 0.1) is 0 Å². The summed E-state index contributed by atoms with van der Waals surface area (Å²) >= 11 is 0. The second-order valence-corrected chi connectivity index (χ2v) is 8.58. The highest BCUT2D eigenvalue weighted by molar-refractivity contribution is 5.86. The van der Waals surface area contributed by atoms with Gasteiger partial charge in [0.2, 0.25) is 5.91 Å². The molecule has 5 heteroatoms. The molecule has 1 aliphatic heterocycles. The molecule has 3 unspecified atom stereocenters. The van der Waals surface area contributed by atoms with Crippen molar-refractivity contribution in [2.45, 2.75) is 58.2 Å². The lowest BCUT2D eigenvalue weighted by molar-refractivity contribution is -0.127. The molecule has 2 N–H and O–H groups in total. The van der Waals surface area contributed by atoms with Gasteiger partial charge in [-0.3, -0.25) is 4.79 Å². The van der Waals surface area contributed by atoms with E-state index in [0.29, 0.717) is 18.4 Å². The number of fused-ring (bicyclic) bond motifs is 4. The Labute approximate surface area is 148 Å². The van der Waals surface area contributed by atoms with Crippen LogP contribution in [0, 0.1) is 17.7 Å². The van der Waals surface area contributed by atoms with Crippen LogP contribution < -0.4 is 10.7 Å². The van der Waals surface area contributed by atoms with Crippen LogP contribution in [0.5, 0.6) is 0 Å². The van der Waals surface area contributed by atoms with Crippen LogP contribution in [0.25, 0.3) is 0 Å². The van der Waals surface area contributed by atoms with E-state index in [1.165, 1.54) is 42.7 Å². The van der Waals surface area contributed by atoms with Crippen molar-refractivity contribution in [3.63, 3.8) is 0 Å². The van der Waals surface area contributed by atoms with Crippen LogP contribution in [0.1, 0.15) is 45.6 Å². The quantitative estimate of drug-likeness (QED) is 0.886. The third kappa shape index (κ3) is 3.06. The molecule has 1 aromatic carbocycles. The fourth-order valence-electron chi connectivity index (χ4n) is 4.53. The Bertz CT molecular complexity index is 719. The van der Waals surface area contributed by atoms with Gasteiger partial charge in [-0.25, -0.2) is 9.40 Å². The first-order chi connectivity index (χ1) is 11.8. The molecule has 4 nitrogen and oxygen atoms in total. The second kappa shape index (κ2) is 5.84. The van der Waals surface area contributed by atoms with Gasteiger partial charge < -0.3 is 10.7 Å². The summed E-state index contributed by atoms with van der Waals surface area (Å²) in [5.41, 5.74) is 6.82. The Morgan fingerprint density at radius 2 is 1.92 bits per heavy atom. The van der Waals surface area contributed by atoms with Gasteiger partial charge in [-0.15, -0.1) is 0 Å². The van der Waals surface area contributed by atoms with Crippen molar-refractivity contribution in [3.05, 3.63) is 46.9 Å². The summed E-state index contributed by atoms with van der Waals surface area (Å²) in [6.07, 6.45) is 3.59. The number of nitrogens with one attached hydrogen (secondary N) is 2. The first-order valence-electron chi connectivity index (χ1n) is 9.15. The van der Waals surface area contributed by atoms with E-state index in [2.05, 4.69) is 10.7 Å². The molecule has 0 spiro atoms. The molecule has 1 heterocycles. The van der Waals surface area contributed by atoms with Gasteiger partial charge >= 0.3 is 0 Å². The van der Waals surface area contributed by atoms with E-state index in [9.17, 15) is 9.18 Å². The Kier molecular flexibility index (Phi) is 3.87. The molecule has 1 fully saturated rings. The summed E-state index contributed by atoms with van der Waals surface area (Å²) < 4.78 is 13.2. The summed E-state index contributed by atoms with van der Waals surface area (Å²) in [6.45, 7) is 6.60. The zero-order valence-corrected chi connectivity index (χ0v) is 15.1. The Balaban J connectivity index is 1.60. The summed E-state index contributed by atoms with van der Waals surface area (Å²) in [5, 5.41) is 5.17. The predicted octanol–water partition coefficient (Wildman–Crippen LogP) is 3.11. The molecular weight excluding hydrogens is 317 g/mol. The smallest absolute Gasteiger partial charge is 0.243 e. The lowest BCUT2D eigenvalue weighted by atomic mass is 9.90. The summed E-state index contributed by atoms with van der Waals surface area (Å²) in [4.78, 5) is 13.0. The minimum absolute atomic E-state index is 0.0552. The van der Waals surface area contributed by atoms with Gasteiger partial charge in [-0.2, -0.15) is 0 Å². The van der Waals surface area contributed by atoms with Crippen molar-refractivity contribution in [1.29, 1.82) is 0 Å². The van der Waals surface area contributed by atoms with Gasteiger partial charge in [0.25, 0.3) is 0 Å². The lowest BCUT2D eigenvalue weighted by Crippen LogP contribution is -2.53. The number of hydrazine groups is 1. The van der Waals surface area contributed by atoms with E-state index in [0.717, 1.165) is 5.56 Å². The van der Waals surface area contributed by atoms with Crippen molar-refractivity contribution >= 4 is 5.91 Å². The Morgan fingerprint density at radius 3 is 2.60 bits per heavy atom. The Hall–Kier alpha value is -1.88. The maximum absolute atomic E-state index is 13.2. The first kappa shape index (κ1) is 16.6. The van der Waals surface area contributed by atoms with Gasteiger partial charge in [0.15, 0.2) is 0 Å². The minimum Gasteiger partial charge on any atom is -0.350 e. The molecule has 0 radical (unpaired) electrons. The number of carbonyl (C=O) groups is 1. The van der Waals surface area contributed by atoms with E-state index < -0.39 is 0 Å². The van der Waals surface area contributed by atoms with Gasteiger partial charge in [0, 0.05) is 23.7 Å². The van der Waals surface area contributed by atoms with Crippen LogP contribution in [0.2, 0.25) is 0 Å². The first-order valence-corrected chi connectivity index (χ1v) is 9.15. The van der Waals surface area contributed by atoms with Crippen LogP contribution in [0.15, 0.2) is 35.5 Å². The molecule has 3 atom stereocenters. The number of hydrogen-bond acceptors (Lipinski definition) is 3. The van der Waals surface area contributed by atoms with E-state index in [1.807, 2.05) is 25.8 Å². The molecule has 1 amide bonds. The van der Waals surface area contributed by atoms with Crippen LogP contribution in [-0.2, 0) is 11.3 Å². The molecule has 0 aromatic heterocycles. The van der Waals surface area contributed by atoms with E-state index in [1.54, 1.807) is 12.1 Å². The normalized spacial score (nSPS) is 28.2. The predicted molar refractivity (Wildman–Crippen MR) is 94.6 cm³/mol. The Morgan fingerprint density at radius 1 is 1.24 bits per heavy atom. The summed E-state index contributed by atoms with van der Waals surface area (Å²) in [7, 11) is 0. The number of rotatable bonds is 3. The number of amides is 1. The third-order valence-corrected chi connectivity index (χ3v) is 5.47. The number of benzene rings is 1. The standard InChI is InChI=1S/C20H26FN3O/c1-20(2,3)22-19(25)18-16-13-6-7-14(10-13)17(16)23-24(18)11-12-4-8-15(21)9-5-12/h4-5,8-9,13-14,18,23H,6-7,10-11H2,1-3H3,(H,22,25). The van der Waals surface area contributed by atoms with Crippen molar-refractivity contribution in [2.75, 3.05) is 0 Å². The largest absolute Gasteiger partial charge is 0.350 e. The molecule has 4 rings (SSSR count). The van der Waals surface area contributed by atoms with Gasteiger partial charge in [-0.05, 0) is 69.2 Å². The van der Waals surface area contributed by atoms with E-state index >= 15 is 0 Å². The average Bonchev–Trinajstić information content (AvgIpc) is 3.19. The molecule has 25 heavy (non-hydrogen) atoms. The summed E-state index contributed by atoms with van der Waals surface area (Å²) in [5.74, 6) is 0.920. The topological polar surface area (TPSA) is 44.4 Å². The van der Waals surface area contributed by atoms with Crippen molar-refractivity contribution in [2.24, 2.45) is 11.8 Å². The molecule has 2 aliphatic carbocycles. The molecule has 3 aliphatic rings. The third-order valence-electron chi connectivity index (χ3n) is 5.47. The number of carbonyl (C=O) groups excluding carboxylic acids is 1. The van der Waals surface area contributed by atoms with Crippen molar-refractivity contribution < 1.29 is 9.18 Å². The lowest BCUT2D eigenvalue weighted by Gasteiger charge is -2.31. The zero-order chi connectivity index (χ0) is 17.8. The molecule has 1 aromatic rings. The zero-order valence-electron chi connectivity index (χ0n) is 15.1. The number of allylic oxidation sites excluding steroid dienone is 1. The van der Waals surface area contributed by atoms with Crippen LogP contribution in [-0.4, -0.2) is 22.5 Å². The second-order valence-electron chi connectivity index (χ2n) is 8.58. The number of halogens is 1. The molecule has 134 valence electrons. The highest BCUT2D eigenvalue weighted by Crippen LogP contribution is 2.52. The van der Waals surface area contributed by atoms with Crippen molar-refractivity contribution in [3.8, 4) is 0 Å². The van der Waals surface area contributed by atoms with Crippen LogP contribution >= 0.6 is 0 Å². The monoisotopic (exact) mass is 343 g/mol. The fourth-order valence-corrected chi connectivity index (χ4v) is 4.53. The molecular formula is C20H26FN3O. The fraction of sp³-hybridized carbons (Fsp3) is 0.550. The van der Waals surface area contributed by atoms with Crippen LogP contribution in [0.3, 0.4) is 0 Å². The minimum atomic E-state index is -0.269. The molecule has 1 saturated carbocycles. The van der Waals surface area contributed by atoms with Gasteiger partial charge in [0.1, 0.15) is 11.9 Å². The highest BCUT2D eigenvalue weighted by Gasteiger charge is 2.50. The number of nitrogens with zero attached hydrogens (tertiary/aromatic N) is 1.